The Morgan fingerprint density at radius 3 is 2.73 bits per heavy atom. The lowest BCUT2D eigenvalue weighted by molar-refractivity contribution is -0.136. The van der Waals surface area contributed by atoms with Crippen molar-refractivity contribution in [2.75, 3.05) is 6.54 Å². The van der Waals surface area contributed by atoms with Crippen molar-refractivity contribution >= 4 is 5.97 Å². The zero-order valence-electron chi connectivity index (χ0n) is 11.7. The molecule has 0 atom stereocenters. The molecular formula is C16H15F2NO3. The summed E-state index contributed by atoms with van der Waals surface area (Å²) in [7, 11) is 0. The third-order valence-electron chi connectivity index (χ3n) is 3.13. The van der Waals surface area contributed by atoms with Gasteiger partial charge in [-0.05, 0) is 23.3 Å². The van der Waals surface area contributed by atoms with Crippen molar-refractivity contribution in [3.63, 3.8) is 0 Å². The fourth-order valence-corrected chi connectivity index (χ4v) is 2.07. The topological polar surface area (TPSA) is 58.6 Å². The van der Waals surface area contributed by atoms with E-state index in [1.165, 1.54) is 18.2 Å². The molecule has 0 aliphatic heterocycles. The van der Waals surface area contributed by atoms with Crippen LogP contribution in [-0.4, -0.2) is 17.6 Å². The molecule has 0 bridgehead atoms. The predicted molar refractivity (Wildman–Crippen MR) is 77.5 cm³/mol. The number of rotatable bonds is 7. The maximum absolute atomic E-state index is 14.0. The Balaban J connectivity index is 2.13. The van der Waals surface area contributed by atoms with E-state index >= 15 is 0 Å². The van der Waals surface area contributed by atoms with Crippen molar-refractivity contribution in [3.05, 3.63) is 53.8 Å². The van der Waals surface area contributed by atoms with Crippen LogP contribution in [0.15, 0.2) is 42.5 Å². The van der Waals surface area contributed by atoms with Gasteiger partial charge in [-0.15, -0.1) is 0 Å². The Bertz CT molecular complexity index is 662. The number of carbonyl (C=O) groups is 1. The molecule has 0 spiro atoms. The number of carboxylic acid groups (broad SMARTS) is 1. The van der Waals surface area contributed by atoms with Crippen LogP contribution < -0.4 is 10.3 Å². The Morgan fingerprint density at radius 2 is 2.00 bits per heavy atom. The third-order valence-corrected chi connectivity index (χ3v) is 3.13. The number of aliphatic carboxylic acids is 1. The van der Waals surface area contributed by atoms with Crippen molar-refractivity contribution in [1.29, 1.82) is 0 Å². The first-order valence-electron chi connectivity index (χ1n) is 6.70. The lowest BCUT2D eigenvalue weighted by Crippen LogP contribution is -2.17. The molecule has 0 aromatic heterocycles. The Morgan fingerprint density at radius 1 is 1.23 bits per heavy atom. The lowest BCUT2D eigenvalue weighted by Gasteiger charge is -2.08. The van der Waals surface area contributed by atoms with E-state index in [0.29, 0.717) is 18.7 Å². The van der Waals surface area contributed by atoms with E-state index in [4.69, 9.17) is 5.11 Å². The molecule has 0 fully saturated rings. The van der Waals surface area contributed by atoms with Gasteiger partial charge in [-0.3, -0.25) is 9.74 Å². The molecule has 0 heterocycles. The van der Waals surface area contributed by atoms with Gasteiger partial charge in [0.1, 0.15) is 0 Å². The van der Waals surface area contributed by atoms with Crippen molar-refractivity contribution in [1.82, 2.24) is 5.32 Å². The number of carboxylic acids is 1. The van der Waals surface area contributed by atoms with Crippen LogP contribution in [0.1, 0.15) is 12.0 Å². The summed E-state index contributed by atoms with van der Waals surface area (Å²) in [5.41, 5.74) is 1.70. The maximum atomic E-state index is 14.0. The second-order valence-corrected chi connectivity index (χ2v) is 4.72. The quantitative estimate of drug-likeness (QED) is 0.770. The highest BCUT2D eigenvalue weighted by molar-refractivity contribution is 5.67. The maximum Gasteiger partial charge on any atom is 0.304 e. The van der Waals surface area contributed by atoms with Crippen LogP contribution in [-0.2, 0) is 11.3 Å². The summed E-state index contributed by atoms with van der Waals surface area (Å²) in [5, 5.41) is 11.5. The molecule has 6 heteroatoms. The van der Waals surface area contributed by atoms with E-state index in [-0.39, 0.29) is 12.0 Å². The highest BCUT2D eigenvalue weighted by Gasteiger charge is 2.12. The molecule has 0 aliphatic rings. The molecule has 2 aromatic carbocycles. The van der Waals surface area contributed by atoms with Crippen LogP contribution in [0.25, 0.3) is 11.1 Å². The van der Waals surface area contributed by atoms with Gasteiger partial charge in [0.15, 0.2) is 5.82 Å². The Hall–Kier alpha value is -2.47. The van der Waals surface area contributed by atoms with Crippen LogP contribution >= 0.6 is 0 Å². The molecule has 4 nitrogen and oxygen atoms in total. The fraction of sp³-hybridized carbons (Fsp3) is 0.188. The summed E-state index contributed by atoms with van der Waals surface area (Å²) >= 11 is 0. The van der Waals surface area contributed by atoms with E-state index < -0.39 is 17.5 Å². The molecular weight excluding hydrogens is 292 g/mol. The average Bonchev–Trinajstić information content (AvgIpc) is 2.52. The van der Waals surface area contributed by atoms with E-state index in [1.54, 1.807) is 18.2 Å². The molecule has 0 unspecified atom stereocenters. The predicted octanol–water partition coefficient (Wildman–Crippen LogP) is 3.32. The summed E-state index contributed by atoms with van der Waals surface area (Å²) in [5.74, 6) is -2.09. The minimum Gasteiger partial charge on any atom is -0.481 e. The standard InChI is InChI=1S/C16H15F2NO3/c17-16-13(5-2-6-14(16)22-18)12-4-1-3-11(9-12)10-19-8-7-15(20)21/h1-6,9,19H,7-8,10H2,(H,20,21). The first-order chi connectivity index (χ1) is 10.6. The third kappa shape index (κ3) is 4.02. The average molecular weight is 307 g/mol. The molecule has 0 aliphatic carbocycles. The molecule has 116 valence electrons. The van der Waals surface area contributed by atoms with Crippen molar-refractivity contribution in [2.24, 2.45) is 0 Å². The van der Waals surface area contributed by atoms with Crippen molar-refractivity contribution in [3.8, 4) is 16.9 Å². The number of hydrogen-bond acceptors (Lipinski definition) is 3. The Kier molecular flexibility index (Phi) is 5.43. The molecule has 0 radical (unpaired) electrons. The Labute approximate surface area is 126 Å². The smallest absolute Gasteiger partial charge is 0.304 e. The second-order valence-electron chi connectivity index (χ2n) is 4.72. The summed E-state index contributed by atoms with van der Waals surface area (Å²) < 4.78 is 26.3. The zero-order chi connectivity index (χ0) is 15.9. The summed E-state index contributed by atoms with van der Waals surface area (Å²) in [6.07, 6.45) is 0.0319. The monoisotopic (exact) mass is 307 g/mol. The molecule has 2 N–H and O–H groups in total. The number of halogens is 2. The van der Waals surface area contributed by atoms with E-state index in [2.05, 4.69) is 10.3 Å². The zero-order valence-corrected chi connectivity index (χ0v) is 11.7. The number of hydrogen-bond donors (Lipinski definition) is 2. The van der Waals surface area contributed by atoms with Gasteiger partial charge >= 0.3 is 5.97 Å². The van der Waals surface area contributed by atoms with Crippen molar-refractivity contribution < 1.29 is 23.8 Å². The van der Waals surface area contributed by atoms with Gasteiger partial charge in [0.05, 0.1) is 6.42 Å². The van der Waals surface area contributed by atoms with Crippen LogP contribution in [0, 0.1) is 5.82 Å². The minimum absolute atomic E-state index is 0.0319. The summed E-state index contributed by atoms with van der Waals surface area (Å²) in [6, 6.07) is 11.3. The lowest BCUT2D eigenvalue weighted by atomic mass is 10.0. The van der Waals surface area contributed by atoms with E-state index in [0.717, 1.165) is 5.56 Å². The molecule has 0 amide bonds. The normalized spacial score (nSPS) is 10.5. The summed E-state index contributed by atoms with van der Waals surface area (Å²) in [4.78, 5) is 13.9. The highest BCUT2D eigenvalue weighted by atomic mass is 19.3. The highest BCUT2D eigenvalue weighted by Crippen LogP contribution is 2.29. The molecule has 2 aromatic rings. The van der Waals surface area contributed by atoms with E-state index in [9.17, 15) is 13.7 Å². The SMILES string of the molecule is O=C(O)CCNCc1cccc(-c2cccc(OF)c2F)c1. The van der Waals surface area contributed by atoms with Gasteiger partial charge in [-0.2, -0.15) is 0 Å². The van der Waals surface area contributed by atoms with Crippen LogP contribution in [0.2, 0.25) is 0 Å². The molecule has 2 rings (SSSR count). The van der Waals surface area contributed by atoms with Gasteiger partial charge in [0, 0.05) is 23.2 Å². The molecule has 0 saturated carbocycles. The van der Waals surface area contributed by atoms with Crippen molar-refractivity contribution in [2.45, 2.75) is 13.0 Å². The van der Waals surface area contributed by atoms with Gasteiger partial charge in [0.2, 0.25) is 5.75 Å². The largest absolute Gasteiger partial charge is 0.481 e. The van der Waals surface area contributed by atoms with Crippen LogP contribution in [0.4, 0.5) is 8.92 Å². The van der Waals surface area contributed by atoms with Gasteiger partial charge in [-0.1, -0.05) is 30.3 Å². The molecule has 22 heavy (non-hydrogen) atoms. The second kappa shape index (κ2) is 7.51. The number of nitrogens with one attached hydrogen (secondary N) is 1. The summed E-state index contributed by atoms with van der Waals surface area (Å²) in [6.45, 7) is 0.807. The first-order valence-corrected chi connectivity index (χ1v) is 6.70. The van der Waals surface area contributed by atoms with E-state index in [1.807, 2.05) is 6.07 Å². The fourth-order valence-electron chi connectivity index (χ4n) is 2.07. The van der Waals surface area contributed by atoms with Gasteiger partial charge < -0.3 is 10.4 Å². The van der Waals surface area contributed by atoms with Gasteiger partial charge in [-0.25, -0.2) is 4.39 Å². The van der Waals surface area contributed by atoms with Gasteiger partial charge in [0.25, 0.3) is 0 Å². The minimum atomic E-state index is -0.869. The first kappa shape index (κ1) is 15.9. The molecule has 0 saturated heterocycles. The van der Waals surface area contributed by atoms with Crippen LogP contribution in [0.5, 0.6) is 5.75 Å². The number of benzene rings is 2. The van der Waals surface area contributed by atoms with Crippen LogP contribution in [0.3, 0.4) is 0 Å².